The second kappa shape index (κ2) is 3.37. The van der Waals surface area contributed by atoms with E-state index in [1.54, 1.807) is 0 Å². The number of nitrogens with zero attached hydrogens (tertiary/aromatic N) is 2. The normalized spacial score (nSPS) is 12.6. The van der Waals surface area contributed by atoms with Crippen molar-refractivity contribution in [3.63, 3.8) is 0 Å². The number of hydrogen-bond donors (Lipinski definition) is 0. The van der Waals surface area contributed by atoms with Crippen LogP contribution >= 0.6 is 0 Å². The van der Waals surface area contributed by atoms with Crippen LogP contribution in [0.2, 0.25) is 0 Å². The summed E-state index contributed by atoms with van der Waals surface area (Å²) in [5.74, 6) is 1.72. The molecule has 0 aliphatic rings. The summed E-state index contributed by atoms with van der Waals surface area (Å²) in [5.41, 5.74) is -0.320. The van der Waals surface area contributed by atoms with Gasteiger partial charge in [-0.3, -0.25) is 0 Å². The molecule has 0 bridgehead atoms. The minimum Gasteiger partial charge on any atom is -0.438 e. The molecule has 0 aliphatic heterocycles. The van der Waals surface area contributed by atoms with Gasteiger partial charge in [0.1, 0.15) is 5.76 Å². The molecule has 0 saturated heterocycles. The average molecular weight is 206 g/mol. The van der Waals surface area contributed by atoms with E-state index in [1.807, 2.05) is 41.5 Å². The van der Waals surface area contributed by atoms with E-state index in [0.29, 0.717) is 17.5 Å². The molecule has 0 saturated carbocycles. The van der Waals surface area contributed by atoms with Gasteiger partial charge >= 0.3 is 5.82 Å². The molecule has 3 nitrogen and oxygen atoms in total. The molecule has 15 heavy (non-hydrogen) atoms. The maximum absolute atomic E-state index is 7.08. The van der Waals surface area contributed by atoms with Gasteiger partial charge in [-0.2, -0.15) is 0 Å². The van der Waals surface area contributed by atoms with Crippen LogP contribution in [0, 0.1) is 6.57 Å². The Morgan fingerprint density at radius 1 is 1.07 bits per heavy atom. The highest BCUT2D eigenvalue weighted by Gasteiger charge is 2.31. The Kier molecular flexibility index (Phi) is 2.65. The predicted octanol–water partition coefficient (Wildman–Crippen LogP) is 3.82. The lowest BCUT2D eigenvalue weighted by molar-refractivity contribution is 0.336. The fraction of sp³-hybridized carbons (Fsp3) is 0.667. The maximum atomic E-state index is 7.08. The van der Waals surface area contributed by atoms with Gasteiger partial charge in [-0.05, 0) is 20.8 Å². The van der Waals surface area contributed by atoms with Gasteiger partial charge in [0.05, 0.1) is 5.41 Å². The summed E-state index contributed by atoms with van der Waals surface area (Å²) in [4.78, 5) is 7.66. The van der Waals surface area contributed by atoms with Crippen molar-refractivity contribution in [1.29, 1.82) is 0 Å². The first-order valence-electron chi connectivity index (χ1n) is 5.05. The van der Waals surface area contributed by atoms with Crippen LogP contribution in [0.25, 0.3) is 4.85 Å². The molecular weight excluding hydrogens is 188 g/mol. The summed E-state index contributed by atoms with van der Waals surface area (Å²) in [7, 11) is 0. The fourth-order valence-corrected chi connectivity index (χ4v) is 1.20. The van der Waals surface area contributed by atoms with E-state index >= 15 is 0 Å². The van der Waals surface area contributed by atoms with Crippen LogP contribution in [0.5, 0.6) is 0 Å². The van der Waals surface area contributed by atoms with Gasteiger partial charge in [-0.15, -0.1) is 0 Å². The van der Waals surface area contributed by atoms with Gasteiger partial charge in [-0.1, -0.05) is 32.3 Å². The first-order chi connectivity index (χ1) is 6.66. The molecule has 1 aromatic heterocycles. The van der Waals surface area contributed by atoms with Crippen LogP contribution in [0.1, 0.15) is 53.2 Å². The largest absolute Gasteiger partial charge is 0.438 e. The van der Waals surface area contributed by atoms with Crippen LogP contribution in [0.15, 0.2) is 4.42 Å². The van der Waals surface area contributed by atoms with Crippen molar-refractivity contribution in [2.24, 2.45) is 0 Å². The summed E-state index contributed by atoms with van der Waals surface area (Å²) in [6.07, 6.45) is 0. The van der Waals surface area contributed by atoms with Crippen LogP contribution in [-0.2, 0) is 10.8 Å². The van der Waals surface area contributed by atoms with Crippen molar-refractivity contribution in [2.45, 2.75) is 52.4 Å². The number of oxazole rings is 1. The Hall–Kier alpha value is -1.30. The molecule has 3 heteroatoms. The van der Waals surface area contributed by atoms with Gasteiger partial charge in [0, 0.05) is 5.41 Å². The molecule has 0 atom stereocenters. The molecule has 0 unspecified atom stereocenters. The highest BCUT2D eigenvalue weighted by molar-refractivity contribution is 5.44. The molecule has 0 radical (unpaired) electrons. The SMILES string of the molecule is [C-]#[N+]c1nc(C(C)(C)C)oc1C(C)(C)C. The second-order valence-electron chi connectivity index (χ2n) is 5.78. The number of hydrogen-bond acceptors (Lipinski definition) is 2. The molecule has 0 spiro atoms. The van der Waals surface area contributed by atoms with Crippen molar-refractivity contribution in [3.05, 3.63) is 23.1 Å². The Balaban J connectivity index is 3.32. The van der Waals surface area contributed by atoms with Crippen molar-refractivity contribution < 1.29 is 4.42 Å². The Bertz CT molecular complexity index is 397. The maximum Gasteiger partial charge on any atom is 0.312 e. The quantitative estimate of drug-likeness (QED) is 0.604. The fourth-order valence-electron chi connectivity index (χ4n) is 1.20. The molecule has 0 fully saturated rings. The molecular formula is C12H18N2O. The van der Waals surface area contributed by atoms with Crippen LogP contribution in [-0.4, -0.2) is 4.98 Å². The Morgan fingerprint density at radius 2 is 1.60 bits per heavy atom. The van der Waals surface area contributed by atoms with Gasteiger partial charge in [0.15, 0.2) is 0 Å². The van der Waals surface area contributed by atoms with E-state index in [4.69, 9.17) is 11.0 Å². The van der Waals surface area contributed by atoms with Crippen molar-refractivity contribution in [3.8, 4) is 0 Å². The zero-order chi connectivity index (χ0) is 11.9. The van der Waals surface area contributed by atoms with E-state index < -0.39 is 0 Å². The lowest BCUT2D eigenvalue weighted by Gasteiger charge is -2.15. The molecule has 1 rings (SSSR count). The van der Waals surface area contributed by atoms with E-state index in [9.17, 15) is 0 Å². The van der Waals surface area contributed by atoms with E-state index in [0.717, 1.165) is 0 Å². The van der Waals surface area contributed by atoms with Crippen molar-refractivity contribution in [2.75, 3.05) is 0 Å². The summed E-state index contributed by atoms with van der Waals surface area (Å²) in [5, 5.41) is 0. The molecule has 1 aromatic rings. The predicted molar refractivity (Wildman–Crippen MR) is 60.2 cm³/mol. The third-order valence-corrected chi connectivity index (χ3v) is 2.04. The first-order valence-corrected chi connectivity index (χ1v) is 5.05. The lowest BCUT2D eigenvalue weighted by atomic mass is 9.93. The summed E-state index contributed by atoms with van der Waals surface area (Å²) in [6, 6.07) is 0. The third kappa shape index (κ3) is 2.38. The zero-order valence-electron chi connectivity index (χ0n) is 10.3. The zero-order valence-corrected chi connectivity index (χ0v) is 10.3. The van der Waals surface area contributed by atoms with E-state index in [-0.39, 0.29) is 10.8 Å². The smallest absolute Gasteiger partial charge is 0.312 e. The Morgan fingerprint density at radius 3 is 1.87 bits per heavy atom. The molecule has 0 N–H and O–H groups in total. The minimum atomic E-state index is -0.170. The topological polar surface area (TPSA) is 30.4 Å². The van der Waals surface area contributed by atoms with E-state index in [1.165, 1.54) is 0 Å². The van der Waals surface area contributed by atoms with Crippen molar-refractivity contribution >= 4 is 5.82 Å². The molecule has 0 aliphatic carbocycles. The van der Waals surface area contributed by atoms with Gasteiger partial charge in [-0.25, -0.2) is 0 Å². The number of rotatable bonds is 0. The highest BCUT2D eigenvalue weighted by atomic mass is 16.4. The van der Waals surface area contributed by atoms with E-state index in [2.05, 4.69) is 9.83 Å². The average Bonchev–Trinajstić information content (AvgIpc) is 2.44. The standard InChI is InChI=1S/C12H18N2O/c1-11(2,3)8-9(13-7)14-10(15-8)12(4,5)6/h1-6H3. The summed E-state index contributed by atoms with van der Waals surface area (Å²) in [6.45, 7) is 19.2. The minimum absolute atomic E-state index is 0.150. The molecule has 82 valence electrons. The number of aromatic nitrogens is 1. The summed E-state index contributed by atoms with van der Waals surface area (Å²) < 4.78 is 5.71. The van der Waals surface area contributed by atoms with Gasteiger partial charge < -0.3 is 9.26 Å². The van der Waals surface area contributed by atoms with Gasteiger partial charge in [0.25, 0.3) is 5.89 Å². The monoisotopic (exact) mass is 206 g/mol. The second-order valence-corrected chi connectivity index (χ2v) is 5.78. The third-order valence-electron chi connectivity index (χ3n) is 2.04. The first kappa shape index (κ1) is 11.8. The summed E-state index contributed by atoms with van der Waals surface area (Å²) >= 11 is 0. The molecule has 0 aromatic carbocycles. The molecule has 1 heterocycles. The molecule has 0 amide bonds. The van der Waals surface area contributed by atoms with Crippen molar-refractivity contribution in [1.82, 2.24) is 4.98 Å². The van der Waals surface area contributed by atoms with Crippen LogP contribution in [0.3, 0.4) is 0 Å². The van der Waals surface area contributed by atoms with Crippen LogP contribution in [0.4, 0.5) is 5.82 Å². The lowest BCUT2D eigenvalue weighted by Crippen LogP contribution is -2.12. The highest BCUT2D eigenvalue weighted by Crippen LogP contribution is 2.35. The Labute approximate surface area is 91.3 Å². The van der Waals surface area contributed by atoms with Crippen LogP contribution < -0.4 is 0 Å². The van der Waals surface area contributed by atoms with Gasteiger partial charge in [0.2, 0.25) is 0 Å².